The van der Waals surface area contributed by atoms with Crippen molar-refractivity contribution in [1.29, 1.82) is 0 Å². The van der Waals surface area contributed by atoms with Gasteiger partial charge in [-0.05, 0) is 31.0 Å². The first-order valence-corrected chi connectivity index (χ1v) is 7.09. The van der Waals surface area contributed by atoms with E-state index >= 15 is 0 Å². The van der Waals surface area contributed by atoms with E-state index in [0.29, 0.717) is 12.0 Å². The van der Waals surface area contributed by atoms with Crippen LogP contribution in [0.15, 0.2) is 28.1 Å². The van der Waals surface area contributed by atoms with Crippen LogP contribution in [0.3, 0.4) is 0 Å². The number of nitrogens with one attached hydrogen (secondary N) is 1. The first-order chi connectivity index (χ1) is 8.60. The maximum absolute atomic E-state index is 13.8. The standard InChI is InChI=1S/C12H13BrFN3S/c1-7-16-12(6-18-7)11(17-15)4-8-2-3-9(13)5-10(8)14/h2-3,5-6,11,17H,4,15H2,1H3. The summed E-state index contributed by atoms with van der Waals surface area (Å²) in [5, 5.41) is 2.91. The molecule has 2 aromatic rings. The van der Waals surface area contributed by atoms with E-state index < -0.39 is 0 Å². The number of aryl methyl sites for hydroxylation is 1. The van der Waals surface area contributed by atoms with Crippen LogP contribution in [0.2, 0.25) is 0 Å². The Balaban J connectivity index is 2.20. The summed E-state index contributed by atoms with van der Waals surface area (Å²) in [7, 11) is 0. The van der Waals surface area contributed by atoms with Crippen LogP contribution in [0, 0.1) is 12.7 Å². The number of hydrogen-bond acceptors (Lipinski definition) is 4. The molecule has 0 fully saturated rings. The fourth-order valence-electron chi connectivity index (χ4n) is 1.70. The van der Waals surface area contributed by atoms with Gasteiger partial charge in [-0.25, -0.2) is 9.37 Å². The molecule has 3 nitrogen and oxygen atoms in total. The Morgan fingerprint density at radius 3 is 2.89 bits per heavy atom. The smallest absolute Gasteiger partial charge is 0.127 e. The molecule has 0 saturated carbocycles. The number of aromatic nitrogens is 1. The topological polar surface area (TPSA) is 50.9 Å². The minimum Gasteiger partial charge on any atom is -0.271 e. The van der Waals surface area contributed by atoms with Gasteiger partial charge in [-0.2, -0.15) is 0 Å². The molecule has 0 spiro atoms. The van der Waals surface area contributed by atoms with Crippen molar-refractivity contribution in [2.24, 2.45) is 5.84 Å². The third-order valence-electron chi connectivity index (χ3n) is 2.63. The van der Waals surface area contributed by atoms with Crippen molar-refractivity contribution in [3.8, 4) is 0 Å². The fraction of sp³-hybridized carbons (Fsp3) is 0.250. The van der Waals surface area contributed by atoms with Crippen LogP contribution in [0.4, 0.5) is 4.39 Å². The lowest BCUT2D eigenvalue weighted by Crippen LogP contribution is -2.30. The van der Waals surface area contributed by atoms with Gasteiger partial charge in [-0.3, -0.25) is 11.3 Å². The van der Waals surface area contributed by atoms with E-state index in [-0.39, 0.29) is 11.9 Å². The summed E-state index contributed by atoms with van der Waals surface area (Å²) in [6.07, 6.45) is 0.471. The van der Waals surface area contributed by atoms with Crippen LogP contribution in [0.1, 0.15) is 22.3 Å². The van der Waals surface area contributed by atoms with Gasteiger partial charge in [0.25, 0.3) is 0 Å². The van der Waals surface area contributed by atoms with Gasteiger partial charge in [0.05, 0.1) is 16.7 Å². The second-order valence-electron chi connectivity index (χ2n) is 3.95. The Hall–Kier alpha value is -0.820. The molecule has 1 heterocycles. The van der Waals surface area contributed by atoms with Crippen molar-refractivity contribution in [3.05, 3.63) is 50.1 Å². The zero-order chi connectivity index (χ0) is 13.1. The molecule has 18 heavy (non-hydrogen) atoms. The van der Waals surface area contributed by atoms with Crippen LogP contribution < -0.4 is 11.3 Å². The summed E-state index contributed by atoms with van der Waals surface area (Å²) in [6, 6.07) is 4.85. The minimum absolute atomic E-state index is 0.175. The first-order valence-electron chi connectivity index (χ1n) is 5.42. The van der Waals surface area contributed by atoms with Crippen molar-refractivity contribution in [1.82, 2.24) is 10.4 Å². The Morgan fingerprint density at radius 2 is 2.33 bits per heavy atom. The van der Waals surface area contributed by atoms with Gasteiger partial charge in [0.15, 0.2) is 0 Å². The third-order valence-corrected chi connectivity index (χ3v) is 3.92. The van der Waals surface area contributed by atoms with Crippen LogP contribution in [0.25, 0.3) is 0 Å². The average molecular weight is 330 g/mol. The lowest BCUT2D eigenvalue weighted by Gasteiger charge is -2.14. The van der Waals surface area contributed by atoms with Crippen molar-refractivity contribution in [3.63, 3.8) is 0 Å². The third kappa shape index (κ3) is 3.14. The summed E-state index contributed by atoms with van der Waals surface area (Å²) < 4.78 is 14.5. The molecule has 0 aliphatic heterocycles. The summed E-state index contributed by atoms with van der Waals surface area (Å²) >= 11 is 4.79. The summed E-state index contributed by atoms with van der Waals surface area (Å²) in [6.45, 7) is 1.93. The number of hydrogen-bond donors (Lipinski definition) is 2. The molecule has 1 atom stereocenters. The predicted molar refractivity (Wildman–Crippen MR) is 74.7 cm³/mol. The number of rotatable bonds is 4. The second-order valence-corrected chi connectivity index (χ2v) is 5.93. The molecule has 3 N–H and O–H groups in total. The van der Waals surface area contributed by atoms with E-state index in [9.17, 15) is 4.39 Å². The molecule has 6 heteroatoms. The molecular weight excluding hydrogens is 317 g/mol. The molecule has 0 amide bonds. The van der Waals surface area contributed by atoms with Crippen LogP contribution in [-0.2, 0) is 6.42 Å². The average Bonchev–Trinajstić information content (AvgIpc) is 2.75. The van der Waals surface area contributed by atoms with E-state index in [1.807, 2.05) is 18.4 Å². The normalized spacial score (nSPS) is 12.7. The Morgan fingerprint density at radius 1 is 1.56 bits per heavy atom. The van der Waals surface area contributed by atoms with Crippen LogP contribution in [-0.4, -0.2) is 4.98 Å². The quantitative estimate of drug-likeness (QED) is 0.669. The minimum atomic E-state index is -0.239. The predicted octanol–water partition coefficient (Wildman–Crippen LogP) is 3.10. The number of benzene rings is 1. The molecule has 1 aromatic carbocycles. The Labute approximate surface area is 117 Å². The summed E-state index contributed by atoms with van der Waals surface area (Å²) in [4.78, 5) is 4.37. The van der Waals surface area contributed by atoms with Gasteiger partial charge in [-0.1, -0.05) is 22.0 Å². The van der Waals surface area contributed by atoms with Gasteiger partial charge >= 0.3 is 0 Å². The molecule has 0 radical (unpaired) electrons. The maximum atomic E-state index is 13.8. The highest BCUT2D eigenvalue weighted by molar-refractivity contribution is 9.10. The van der Waals surface area contributed by atoms with Crippen LogP contribution >= 0.6 is 27.3 Å². The molecule has 0 aliphatic carbocycles. The summed E-state index contributed by atoms with van der Waals surface area (Å²) in [5.74, 6) is 5.29. The lowest BCUT2D eigenvalue weighted by atomic mass is 10.0. The van der Waals surface area contributed by atoms with E-state index in [0.717, 1.165) is 15.2 Å². The fourth-order valence-corrected chi connectivity index (χ4v) is 2.70. The molecule has 1 aromatic heterocycles. The van der Waals surface area contributed by atoms with Crippen LogP contribution in [0.5, 0.6) is 0 Å². The highest BCUT2D eigenvalue weighted by Gasteiger charge is 2.15. The molecule has 96 valence electrons. The van der Waals surface area contributed by atoms with Crippen molar-refractivity contribution >= 4 is 27.3 Å². The zero-order valence-electron chi connectivity index (χ0n) is 9.78. The summed E-state index contributed by atoms with van der Waals surface area (Å²) in [5.41, 5.74) is 4.15. The van der Waals surface area contributed by atoms with E-state index in [4.69, 9.17) is 5.84 Å². The molecule has 0 bridgehead atoms. The SMILES string of the molecule is Cc1nc(C(Cc2ccc(Br)cc2F)NN)cs1. The van der Waals surface area contributed by atoms with Gasteiger partial charge in [0.2, 0.25) is 0 Å². The monoisotopic (exact) mass is 329 g/mol. The van der Waals surface area contributed by atoms with E-state index in [1.54, 1.807) is 17.4 Å². The zero-order valence-corrected chi connectivity index (χ0v) is 12.2. The molecular formula is C12H13BrFN3S. The first kappa shape index (κ1) is 13.6. The highest BCUT2D eigenvalue weighted by Crippen LogP contribution is 2.23. The number of nitrogens with two attached hydrogens (primary N) is 1. The van der Waals surface area contributed by atoms with Gasteiger partial charge < -0.3 is 0 Å². The molecule has 0 saturated heterocycles. The molecule has 0 aliphatic rings. The van der Waals surface area contributed by atoms with E-state index in [1.165, 1.54) is 6.07 Å². The maximum Gasteiger partial charge on any atom is 0.127 e. The largest absolute Gasteiger partial charge is 0.271 e. The van der Waals surface area contributed by atoms with Crippen molar-refractivity contribution in [2.45, 2.75) is 19.4 Å². The lowest BCUT2D eigenvalue weighted by molar-refractivity contribution is 0.520. The molecule has 1 unspecified atom stereocenters. The second kappa shape index (κ2) is 5.88. The van der Waals surface area contributed by atoms with Gasteiger partial charge in [0, 0.05) is 9.85 Å². The number of nitrogens with zero attached hydrogens (tertiary/aromatic N) is 1. The molecule has 2 rings (SSSR count). The van der Waals surface area contributed by atoms with Crippen molar-refractivity contribution < 1.29 is 4.39 Å². The van der Waals surface area contributed by atoms with E-state index in [2.05, 4.69) is 26.3 Å². The number of halogens is 2. The Bertz CT molecular complexity index is 544. The highest BCUT2D eigenvalue weighted by atomic mass is 79.9. The Kier molecular flexibility index (Phi) is 4.45. The number of thiazole rings is 1. The van der Waals surface area contributed by atoms with Crippen molar-refractivity contribution in [2.75, 3.05) is 0 Å². The van der Waals surface area contributed by atoms with Gasteiger partial charge in [0.1, 0.15) is 5.82 Å². The van der Waals surface area contributed by atoms with Gasteiger partial charge in [-0.15, -0.1) is 11.3 Å². The number of hydrazine groups is 1.